The molecule has 0 spiro atoms. The van der Waals surface area contributed by atoms with Gasteiger partial charge in [-0.15, -0.1) is 0 Å². The molecule has 0 aliphatic heterocycles. The number of hydrogen-bond acceptors (Lipinski definition) is 6. The van der Waals surface area contributed by atoms with E-state index >= 15 is 0 Å². The van der Waals surface area contributed by atoms with Gasteiger partial charge in [-0.25, -0.2) is 8.42 Å². The van der Waals surface area contributed by atoms with Gasteiger partial charge in [-0.2, -0.15) is 4.98 Å². The molecular formula is C18H23N3O4S. The molecule has 0 radical (unpaired) electrons. The van der Waals surface area contributed by atoms with Crippen LogP contribution in [0.15, 0.2) is 39.8 Å². The van der Waals surface area contributed by atoms with Gasteiger partial charge in [0.05, 0.1) is 4.90 Å². The van der Waals surface area contributed by atoms with Gasteiger partial charge in [-0.05, 0) is 25.0 Å². The van der Waals surface area contributed by atoms with Gasteiger partial charge in [-0.3, -0.25) is 4.79 Å². The third-order valence-corrected chi connectivity index (χ3v) is 6.10. The van der Waals surface area contributed by atoms with E-state index in [0.29, 0.717) is 6.42 Å². The molecule has 26 heavy (non-hydrogen) atoms. The van der Waals surface area contributed by atoms with Crippen LogP contribution in [-0.2, 0) is 26.8 Å². The summed E-state index contributed by atoms with van der Waals surface area (Å²) in [7, 11) is -3.51. The van der Waals surface area contributed by atoms with E-state index in [9.17, 15) is 13.2 Å². The Morgan fingerprint density at radius 1 is 1.15 bits per heavy atom. The van der Waals surface area contributed by atoms with Crippen molar-refractivity contribution < 1.29 is 17.7 Å². The van der Waals surface area contributed by atoms with Crippen LogP contribution in [-0.4, -0.2) is 30.5 Å². The summed E-state index contributed by atoms with van der Waals surface area (Å²) < 4.78 is 29.7. The Bertz CT molecular complexity index is 827. The van der Waals surface area contributed by atoms with Crippen LogP contribution in [0.25, 0.3) is 0 Å². The molecular weight excluding hydrogens is 354 g/mol. The number of rotatable bonds is 7. The standard InChI is InChI=1S/C18H23N3O4S/c22-17(19-14-7-3-1-4-8-14)11-12-18-20-16(21-25-18)13-26(23,24)15-9-5-2-6-10-15/h2,5-6,9-10,14H,1,3-4,7-8,11-13H2,(H,19,22). The Morgan fingerprint density at radius 3 is 2.62 bits per heavy atom. The monoisotopic (exact) mass is 377 g/mol. The molecule has 0 atom stereocenters. The number of nitrogens with one attached hydrogen (secondary N) is 1. The van der Waals surface area contributed by atoms with Crippen LogP contribution in [0.3, 0.4) is 0 Å². The van der Waals surface area contributed by atoms with Crippen LogP contribution in [0.2, 0.25) is 0 Å². The van der Waals surface area contributed by atoms with Crippen molar-refractivity contribution in [1.29, 1.82) is 0 Å². The molecule has 1 aromatic heterocycles. The number of carbonyl (C=O) groups excluding carboxylic acids is 1. The molecule has 0 bridgehead atoms. The molecule has 1 heterocycles. The quantitative estimate of drug-likeness (QED) is 0.795. The fraction of sp³-hybridized carbons (Fsp3) is 0.500. The van der Waals surface area contributed by atoms with Gasteiger partial charge in [-0.1, -0.05) is 42.6 Å². The molecule has 1 saturated carbocycles. The average molecular weight is 377 g/mol. The first-order valence-electron chi connectivity index (χ1n) is 8.91. The number of amides is 1. The lowest BCUT2D eigenvalue weighted by molar-refractivity contribution is -0.122. The smallest absolute Gasteiger partial charge is 0.227 e. The highest BCUT2D eigenvalue weighted by Gasteiger charge is 2.20. The molecule has 1 N–H and O–H groups in total. The summed E-state index contributed by atoms with van der Waals surface area (Å²) in [5.74, 6) is 0.0292. The second kappa shape index (κ2) is 8.44. The average Bonchev–Trinajstić information content (AvgIpc) is 3.08. The van der Waals surface area contributed by atoms with E-state index in [0.717, 1.165) is 25.7 Å². The number of sulfone groups is 1. The van der Waals surface area contributed by atoms with Crippen molar-refractivity contribution >= 4 is 15.7 Å². The van der Waals surface area contributed by atoms with E-state index in [1.54, 1.807) is 18.2 Å². The normalized spacial score (nSPS) is 15.7. The van der Waals surface area contributed by atoms with E-state index in [1.807, 2.05) is 0 Å². The molecule has 8 heteroatoms. The largest absolute Gasteiger partial charge is 0.353 e. The summed E-state index contributed by atoms with van der Waals surface area (Å²) in [4.78, 5) is 16.3. The van der Waals surface area contributed by atoms with Crippen molar-refractivity contribution in [2.45, 2.75) is 61.6 Å². The van der Waals surface area contributed by atoms with E-state index < -0.39 is 9.84 Å². The second-order valence-electron chi connectivity index (χ2n) is 6.58. The van der Waals surface area contributed by atoms with Gasteiger partial charge >= 0.3 is 0 Å². The predicted octanol–water partition coefficient (Wildman–Crippen LogP) is 2.43. The van der Waals surface area contributed by atoms with Crippen LogP contribution >= 0.6 is 0 Å². The maximum Gasteiger partial charge on any atom is 0.227 e. The summed E-state index contributed by atoms with van der Waals surface area (Å²) in [5, 5.41) is 6.75. The van der Waals surface area contributed by atoms with Crippen molar-refractivity contribution in [3.05, 3.63) is 42.0 Å². The molecule has 7 nitrogen and oxygen atoms in total. The molecule has 140 valence electrons. The Labute approximate surface area is 153 Å². The van der Waals surface area contributed by atoms with Crippen LogP contribution in [0, 0.1) is 0 Å². The minimum Gasteiger partial charge on any atom is -0.353 e. The molecule has 1 amide bonds. The lowest BCUT2D eigenvalue weighted by atomic mass is 9.95. The molecule has 0 unspecified atom stereocenters. The minimum absolute atomic E-state index is 0.0337. The molecule has 1 aliphatic carbocycles. The first kappa shape index (κ1) is 18.6. The summed E-state index contributed by atoms with van der Waals surface area (Å²) in [5.41, 5.74) is 0. The summed E-state index contributed by atoms with van der Waals surface area (Å²) in [6, 6.07) is 8.42. The summed E-state index contributed by atoms with van der Waals surface area (Å²) in [6.07, 6.45) is 6.19. The molecule has 0 saturated heterocycles. The molecule has 1 aliphatic rings. The number of benzene rings is 1. The SMILES string of the molecule is O=C(CCc1nc(CS(=O)(=O)c2ccccc2)no1)NC1CCCCC1. The van der Waals surface area contributed by atoms with Gasteiger partial charge in [0, 0.05) is 18.9 Å². The molecule has 1 aromatic carbocycles. The maximum atomic E-state index is 12.3. The van der Waals surface area contributed by atoms with Crippen molar-refractivity contribution in [3.8, 4) is 0 Å². The zero-order chi connectivity index (χ0) is 18.4. The lowest BCUT2D eigenvalue weighted by Gasteiger charge is -2.22. The fourth-order valence-corrected chi connectivity index (χ4v) is 4.29. The summed E-state index contributed by atoms with van der Waals surface area (Å²) in [6.45, 7) is 0. The third kappa shape index (κ3) is 5.14. The van der Waals surface area contributed by atoms with Crippen molar-refractivity contribution in [2.24, 2.45) is 0 Å². The Kier molecular flexibility index (Phi) is 6.03. The minimum atomic E-state index is -3.51. The summed E-state index contributed by atoms with van der Waals surface area (Å²) >= 11 is 0. The van der Waals surface area contributed by atoms with Crippen molar-refractivity contribution in [2.75, 3.05) is 0 Å². The highest BCUT2D eigenvalue weighted by atomic mass is 32.2. The fourth-order valence-electron chi connectivity index (χ4n) is 3.10. The maximum absolute atomic E-state index is 12.3. The lowest BCUT2D eigenvalue weighted by Crippen LogP contribution is -2.36. The highest BCUT2D eigenvalue weighted by Crippen LogP contribution is 2.18. The number of aryl methyl sites for hydroxylation is 1. The number of carbonyl (C=O) groups is 1. The van der Waals surface area contributed by atoms with Gasteiger partial charge in [0.2, 0.25) is 11.8 Å². The van der Waals surface area contributed by atoms with Gasteiger partial charge in [0.1, 0.15) is 5.75 Å². The number of nitrogens with zero attached hydrogens (tertiary/aromatic N) is 2. The van der Waals surface area contributed by atoms with Gasteiger partial charge in [0.25, 0.3) is 0 Å². The third-order valence-electron chi connectivity index (χ3n) is 4.47. The van der Waals surface area contributed by atoms with Crippen LogP contribution in [0.1, 0.15) is 50.2 Å². The Hall–Kier alpha value is -2.22. The zero-order valence-corrected chi connectivity index (χ0v) is 15.4. The zero-order valence-electron chi connectivity index (χ0n) is 14.6. The molecule has 2 aromatic rings. The predicted molar refractivity (Wildman–Crippen MR) is 95.0 cm³/mol. The van der Waals surface area contributed by atoms with Gasteiger partial charge < -0.3 is 9.84 Å². The first-order chi connectivity index (χ1) is 12.5. The van der Waals surface area contributed by atoms with E-state index in [1.165, 1.54) is 18.6 Å². The van der Waals surface area contributed by atoms with Gasteiger partial charge in [0.15, 0.2) is 15.7 Å². The van der Waals surface area contributed by atoms with Crippen LogP contribution in [0.5, 0.6) is 0 Å². The second-order valence-corrected chi connectivity index (χ2v) is 8.57. The van der Waals surface area contributed by atoms with Crippen molar-refractivity contribution in [3.63, 3.8) is 0 Å². The molecule has 3 rings (SSSR count). The number of aromatic nitrogens is 2. The number of hydrogen-bond donors (Lipinski definition) is 1. The van der Waals surface area contributed by atoms with Crippen LogP contribution < -0.4 is 5.32 Å². The van der Waals surface area contributed by atoms with E-state index in [4.69, 9.17) is 4.52 Å². The molecule has 1 fully saturated rings. The van der Waals surface area contributed by atoms with Crippen LogP contribution in [0.4, 0.5) is 0 Å². The Morgan fingerprint density at radius 2 is 1.88 bits per heavy atom. The topological polar surface area (TPSA) is 102 Å². The first-order valence-corrected chi connectivity index (χ1v) is 10.6. The van der Waals surface area contributed by atoms with E-state index in [-0.39, 0.29) is 40.7 Å². The highest BCUT2D eigenvalue weighted by molar-refractivity contribution is 7.90. The van der Waals surface area contributed by atoms with E-state index in [2.05, 4.69) is 15.5 Å². The Balaban J connectivity index is 1.51. The van der Waals surface area contributed by atoms with Crippen molar-refractivity contribution in [1.82, 2.24) is 15.5 Å².